The van der Waals surface area contributed by atoms with Gasteiger partial charge in [-0.05, 0) is 35.9 Å². The van der Waals surface area contributed by atoms with Crippen molar-refractivity contribution in [1.29, 1.82) is 0 Å². The molecule has 0 aliphatic carbocycles. The fourth-order valence-electron chi connectivity index (χ4n) is 2.41. The molecule has 6 nitrogen and oxygen atoms in total. The quantitative estimate of drug-likeness (QED) is 0.691. The van der Waals surface area contributed by atoms with Crippen molar-refractivity contribution in [2.24, 2.45) is 0 Å². The number of carbonyl (C=O) groups is 1. The third-order valence-electron chi connectivity index (χ3n) is 3.70. The molecule has 3 rings (SSSR count). The van der Waals surface area contributed by atoms with E-state index in [4.69, 9.17) is 9.47 Å². The molecule has 0 aliphatic heterocycles. The second-order valence-corrected chi connectivity index (χ2v) is 5.42. The van der Waals surface area contributed by atoms with Crippen LogP contribution in [0.2, 0.25) is 0 Å². The number of carbonyl (C=O) groups excluding carboxylic acids is 1. The number of para-hydroxylation sites is 1. The Bertz CT molecular complexity index is 917. The monoisotopic (exact) mass is 349 g/mol. The van der Waals surface area contributed by atoms with Crippen LogP contribution in [0.3, 0.4) is 0 Å². The third kappa shape index (κ3) is 4.10. The van der Waals surface area contributed by atoms with E-state index in [1.807, 2.05) is 36.4 Å². The van der Waals surface area contributed by atoms with Gasteiger partial charge in [-0.25, -0.2) is 4.68 Å². The predicted octanol–water partition coefficient (Wildman–Crippen LogP) is 3.54. The summed E-state index contributed by atoms with van der Waals surface area (Å²) in [6, 6.07) is 16.9. The van der Waals surface area contributed by atoms with Crippen LogP contribution in [-0.4, -0.2) is 29.9 Å². The molecule has 0 radical (unpaired) electrons. The van der Waals surface area contributed by atoms with E-state index in [2.05, 4.69) is 10.4 Å². The Kier molecular flexibility index (Phi) is 5.34. The van der Waals surface area contributed by atoms with Crippen molar-refractivity contribution < 1.29 is 14.3 Å². The van der Waals surface area contributed by atoms with Gasteiger partial charge in [-0.3, -0.25) is 4.79 Å². The van der Waals surface area contributed by atoms with E-state index >= 15 is 0 Å². The number of nitrogens with one attached hydrogen (secondary N) is 1. The van der Waals surface area contributed by atoms with Gasteiger partial charge in [-0.1, -0.05) is 24.3 Å². The zero-order chi connectivity index (χ0) is 18.4. The normalized spacial score (nSPS) is 10.7. The number of benzene rings is 2. The molecule has 6 heteroatoms. The zero-order valence-electron chi connectivity index (χ0n) is 14.5. The van der Waals surface area contributed by atoms with Gasteiger partial charge in [0.25, 0.3) is 0 Å². The molecule has 0 atom stereocenters. The van der Waals surface area contributed by atoms with Crippen molar-refractivity contribution in [3.05, 3.63) is 72.4 Å². The first-order chi connectivity index (χ1) is 12.7. The van der Waals surface area contributed by atoms with Gasteiger partial charge in [0.15, 0.2) is 17.3 Å². The van der Waals surface area contributed by atoms with Crippen LogP contribution in [0.25, 0.3) is 11.8 Å². The molecule has 0 saturated carbocycles. The molecule has 1 N–H and O–H groups in total. The largest absolute Gasteiger partial charge is 0.493 e. The molecule has 1 amide bonds. The minimum atomic E-state index is -0.266. The average molecular weight is 349 g/mol. The van der Waals surface area contributed by atoms with Crippen LogP contribution in [0.15, 0.2) is 66.9 Å². The van der Waals surface area contributed by atoms with Gasteiger partial charge in [-0.15, -0.1) is 0 Å². The molecular formula is C20H19N3O3. The highest BCUT2D eigenvalue weighted by Gasteiger charge is 2.05. The molecule has 1 aromatic heterocycles. The summed E-state index contributed by atoms with van der Waals surface area (Å²) in [4.78, 5) is 12.1. The lowest BCUT2D eigenvalue weighted by Crippen LogP contribution is -2.08. The van der Waals surface area contributed by atoms with E-state index in [1.165, 1.54) is 6.08 Å². The van der Waals surface area contributed by atoms with Crippen molar-refractivity contribution >= 4 is 17.8 Å². The summed E-state index contributed by atoms with van der Waals surface area (Å²) in [5, 5.41) is 7.08. The summed E-state index contributed by atoms with van der Waals surface area (Å²) >= 11 is 0. The fraction of sp³-hybridized carbons (Fsp3) is 0.100. The van der Waals surface area contributed by atoms with Gasteiger partial charge in [0.1, 0.15) is 0 Å². The first kappa shape index (κ1) is 17.3. The molecule has 0 saturated heterocycles. The molecule has 0 aliphatic rings. The van der Waals surface area contributed by atoms with E-state index in [-0.39, 0.29) is 5.91 Å². The summed E-state index contributed by atoms with van der Waals surface area (Å²) in [5.41, 5.74) is 1.75. The number of hydrogen-bond donors (Lipinski definition) is 1. The van der Waals surface area contributed by atoms with Crippen LogP contribution in [0.4, 0.5) is 5.82 Å². The van der Waals surface area contributed by atoms with E-state index in [1.54, 1.807) is 49.4 Å². The number of amides is 1. The number of methoxy groups -OCH3 is 2. The second kappa shape index (κ2) is 8.02. The second-order valence-electron chi connectivity index (χ2n) is 5.42. The van der Waals surface area contributed by atoms with Gasteiger partial charge in [-0.2, -0.15) is 5.10 Å². The van der Waals surface area contributed by atoms with E-state index in [0.29, 0.717) is 17.3 Å². The van der Waals surface area contributed by atoms with Gasteiger partial charge in [0.2, 0.25) is 5.91 Å². The van der Waals surface area contributed by atoms with Gasteiger partial charge < -0.3 is 14.8 Å². The lowest BCUT2D eigenvalue weighted by atomic mass is 10.2. The van der Waals surface area contributed by atoms with E-state index in [9.17, 15) is 4.79 Å². The summed E-state index contributed by atoms with van der Waals surface area (Å²) in [7, 11) is 3.15. The highest BCUT2D eigenvalue weighted by molar-refractivity contribution is 6.01. The number of nitrogens with zero attached hydrogens (tertiary/aromatic N) is 2. The molecule has 3 aromatic rings. The van der Waals surface area contributed by atoms with E-state index in [0.717, 1.165) is 11.3 Å². The zero-order valence-corrected chi connectivity index (χ0v) is 14.5. The Morgan fingerprint density at radius 2 is 1.81 bits per heavy atom. The number of aromatic nitrogens is 2. The molecule has 132 valence electrons. The molecule has 0 unspecified atom stereocenters. The highest BCUT2D eigenvalue weighted by Crippen LogP contribution is 2.27. The maximum absolute atomic E-state index is 12.1. The van der Waals surface area contributed by atoms with Gasteiger partial charge in [0.05, 0.1) is 19.9 Å². The minimum Gasteiger partial charge on any atom is -0.493 e. The SMILES string of the molecule is COc1ccc(C=CC(=O)Nc2ccn(-c3ccccc3)n2)cc1OC. The van der Waals surface area contributed by atoms with Crippen LogP contribution in [0, 0.1) is 0 Å². The van der Waals surface area contributed by atoms with Crippen molar-refractivity contribution in [2.75, 3.05) is 19.5 Å². The molecule has 0 spiro atoms. The van der Waals surface area contributed by atoms with Crippen LogP contribution < -0.4 is 14.8 Å². The topological polar surface area (TPSA) is 65.4 Å². The smallest absolute Gasteiger partial charge is 0.249 e. The summed E-state index contributed by atoms with van der Waals surface area (Å²) < 4.78 is 12.1. The Labute approximate surface area is 151 Å². The standard InChI is InChI=1S/C20H19N3O3/c1-25-17-10-8-15(14-18(17)26-2)9-11-20(24)21-19-12-13-23(22-19)16-6-4-3-5-7-16/h3-14H,1-2H3,(H,21,22,24). The highest BCUT2D eigenvalue weighted by atomic mass is 16.5. The minimum absolute atomic E-state index is 0.266. The first-order valence-electron chi connectivity index (χ1n) is 8.02. The number of ether oxygens (including phenoxy) is 2. The van der Waals surface area contributed by atoms with Crippen molar-refractivity contribution in [3.8, 4) is 17.2 Å². The summed E-state index contributed by atoms with van der Waals surface area (Å²) in [6.07, 6.45) is 4.94. The van der Waals surface area contributed by atoms with Crippen LogP contribution >= 0.6 is 0 Å². The van der Waals surface area contributed by atoms with Crippen LogP contribution in [0.5, 0.6) is 11.5 Å². The number of hydrogen-bond acceptors (Lipinski definition) is 4. The summed E-state index contributed by atoms with van der Waals surface area (Å²) in [6.45, 7) is 0. The van der Waals surface area contributed by atoms with E-state index < -0.39 is 0 Å². The molecule has 2 aromatic carbocycles. The van der Waals surface area contributed by atoms with Gasteiger partial charge in [0, 0.05) is 18.3 Å². The van der Waals surface area contributed by atoms with Crippen molar-refractivity contribution in [2.45, 2.75) is 0 Å². The lowest BCUT2D eigenvalue weighted by molar-refractivity contribution is -0.111. The maximum Gasteiger partial charge on any atom is 0.249 e. The molecule has 26 heavy (non-hydrogen) atoms. The fourth-order valence-corrected chi connectivity index (χ4v) is 2.41. The molecular weight excluding hydrogens is 330 g/mol. The molecule has 0 bridgehead atoms. The predicted molar refractivity (Wildman–Crippen MR) is 101 cm³/mol. The first-order valence-corrected chi connectivity index (χ1v) is 8.02. The number of rotatable bonds is 6. The van der Waals surface area contributed by atoms with Crippen LogP contribution in [-0.2, 0) is 4.79 Å². The Balaban J connectivity index is 1.66. The third-order valence-corrected chi connectivity index (χ3v) is 3.70. The lowest BCUT2D eigenvalue weighted by Gasteiger charge is -2.07. The number of anilines is 1. The van der Waals surface area contributed by atoms with Crippen LogP contribution in [0.1, 0.15) is 5.56 Å². The van der Waals surface area contributed by atoms with Crippen molar-refractivity contribution in [3.63, 3.8) is 0 Å². The Morgan fingerprint density at radius 3 is 2.54 bits per heavy atom. The molecule has 1 heterocycles. The average Bonchev–Trinajstić information content (AvgIpc) is 3.15. The van der Waals surface area contributed by atoms with Crippen molar-refractivity contribution in [1.82, 2.24) is 9.78 Å². The Morgan fingerprint density at radius 1 is 1.04 bits per heavy atom. The summed E-state index contributed by atoms with van der Waals surface area (Å²) in [5.74, 6) is 1.46. The molecule has 0 fully saturated rings. The maximum atomic E-state index is 12.1. The van der Waals surface area contributed by atoms with Gasteiger partial charge >= 0.3 is 0 Å². The Hall–Kier alpha value is -3.54.